The fourth-order valence-electron chi connectivity index (χ4n) is 3.41. The van der Waals surface area contributed by atoms with Gasteiger partial charge in [0.1, 0.15) is 17.0 Å². The summed E-state index contributed by atoms with van der Waals surface area (Å²) in [6.45, 7) is 6.20. The van der Waals surface area contributed by atoms with E-state index in [4.69, 9.17) is 4.98 Å². The lowest BCUT2D eigenvalue weighted by Crippen LogP contribution is -2.31. The van der Waals surface area contributed by atoms with E-state index in [1.165, 1.54) is 4.40 Å². The molecule has 28 heavy (non-hydrogen) atoms. The monoisotopic (exact) mass is 374 g/mol. The standard InChI is InChI=1S/C22H22N4O2/c1-14(2)23-21(27)18-12-17-20(26(18)13-16-9-5-4-6-10-16)24-19-15(3)8-7-11-25(19)22(17)28/h4-12,14H,13H2,1-3H3,(H,23,27). The molecule has 4 aromatic rings. The number of rotatable bonds is 4. The van der Waals surface area contributed by atoms with Crippen LogP contribution in [-0.2, 0) is 6.54 Å². The molecule has 0 saturated heterocycles. The van der Waals surface area contributed by atoms with Crippen LogP contribution in [0.5, 0.6) is 0 Å². The first kappa shape index (κ1) is 18.0. The van der Waals surface area contributed by atoms with Crippen LogP contribution in [0.4, 0.5) is 0 Å². The zero-order valence-corrected chi connectivity index (χ0v) is 16.1. The molecule has 0 aliphatic carbocycles. The summed E-state index contributed by atoms with van der Waals surface area (Å²) in [7, 11) is 0. The fraction of sp³-hybridized carbons (Fsp3) is 0.227. The minimum absolute atomic E-state index is 0.00828. The van der Waals surface area contributed by atoms with E-state index in [9.17, 15) is 9.59 Å². The predicted octanol–water partition coefficient (Wildman–Crippen LogP) is 3.14. The molecule has 3 heterocycles. The van der Waals surface area contributed by atoms with E-state index in [1.807, 2.05) is 67.8 Å². The minimum atomic E-state index is -0.214. The summed E-state index contributed by atoms with van der Waals surface area (Å²) in [5, 5.41) is 3.36. The van der Waals surface area contributed by atoms with Crippen molar-refractivity contribution in [2.45, 2.75) is 33.4 Å². The molecule has 142 valence electrons. The molecule has 1 aromatic carbocycles. The lowest BCUT2D eigenvalue weighted by Gasteiger charge is -2.13. The van der Waals surface area contributed by atoms with Gasteiger partial charge >= 0.3 is 0 Å². The lowest BCUT2D eigenvalue weighted by molar-refractivity contribution is 0.0934. The van der Waals surface area contributed by atoms with Gasteiger partial charge in [0.2, 0.25) is 0 Å². The van der Waals surface area contributed by atoms with E-state index in [0.29, 0.717) is 28.9 Å². The molecule has 0 fully saturated rings. The third-order valence-electron chi connectivity index (χ3n) is 4.73. The highest BCUT2D eigenvalue weighted by Crippen LogP contribution is 2.19. The summed E-state index contributed by atoms with van der Waals surface area (Å²) in [4.78, 5) is 30.7. The van der Waals surface area contributed by atoms with Gasteiger partial charge in [-0.25, -0.2) is 4.98 Å². The fourth-order valence-corrected chi connectivity index (χ4v) is 3.41. The molecule has 0 spiro atoms. The second-order valence-corrected chi connectivity index (χ2v) is 7.27. The summed E-state index contributed by atoms with van der Waals surface area (Å²) in [5.74, 6) is -0.214. The number of fused-ring (bicyclic) bond motifs is 2. The van der Waals surface area contributed by atoms with Crippen LogP contribution in [0.3, 0.4) is 0 Å². The van der Waals surface area contributed by atoms with E-state index in [-0.39, 0.29) is 17.5 Å². The molecule has 6 nitrogen and oxygen atoms in total. The maximum Gasteiger partial charge on any atom is 0.268 e. The Hall–Kier alpha value is -3.41. The molecule has 0 unspecified atom stereocenters. The Morgan fingerprint density at radius 1 is 1.11 bits per heavy atom. The number of nitrogens with zero attached hydrogens (tertiary/aromatic N) is 3. The smallest absolute Gasteiger partial charge is 0.268 e. The van der Waals surface area contributed by atoms with Crippen LogP contribution in [0.15, 0.2) is 59.5 Å². The maximum atomic E-state index is 13.1. The SMILES string of the molecule is Cc1cccn2c(=O)c3cc(C(=O)NC(C)C)n(Cc4ccccc4)c3nc12. The summed E-state index contributed by atoms with van der Waals surface area (Å²) < 4.78 is 3.37. The quantitative estimate of drug-likeness (QED) is 0.597. The van der Waals surface area contributed by atoms with Crippen molar-refractivity contribution in [3.63, 3.8) is 0 Å². The van der Waals surface area contributed by atoms with Gasteiger partial charge < -0.3 is 9.88 Å². The Bertz CT molecular complexity index is 1240. The van der Waals surface area contributed by atoms with Gasteiger partial charge in [-0.15, -0.1) is 0 Å². The number of amides is 1. The van der Waals surface area contributed by atoms with Gasteiger partial charge in [-0.3, -0.25) is 14.0 Å². The van der Waals surface area contributed by atoms with Crippen molar-refractivity contribution in [1.82, 2.24) is 19.3 Å². The normalized spacial score (nSPS) is 11.4. The van der Waals surface area contributed by atoms with Crippen molar-refractivity contribution in [1.29, 1.82) is 0 Å². The van der Waals surface area contributed by atoms with Gasteiger partial charge in [0.25, 0.3) is 11.5 Å². The topological polar surface area (TPSA) is 68.4 Å². The Morgan fingerprint density at radius 3 is 2.57 bits per heavy atom. The number of carbonyl (C=O) groups is 1. The van der Waals surface area contributed by atoms with Crippen LogP contribution >= 0.6 is 0 Å². The van der Waals surface area contributed by atoms with Crippen molar-refractivity contribution in [2.75, 3.05) is 0 Å². The van der Waals surface area contributed by atoms with Gasteiger partial charge in [-0.2, -0.15) is 0 Å². The summed E-state index contributed by atoms with van der Waals surface area (Å²) >= 11 is 0. The second kappa shape index (κ2) is 6.96. The first-order valence-electron chi connectivity index (χ1n) is 9.31. The molecule has 0 aliphatic heterocycles. The first-order valence-corrected chi connectivity index (χ1v) is 9.31. The Kier molecular flexibility index (Phi) is 4.47. The molecule has 0 bridgehead atoms. The van der Waals surface area contributed by atoms with E-state index >= 15 is 0 Å². The Balaban J connectivity index is 2.01. The number of aryl methyl sites for hydroxylation is 1. The number of hydrogen-bond acceptors (Lipinski definition) is 3. The lowest BCUT2D eigenvalue weighted by atomic mass is 10.2. The summed E-state index contributed by atoms with van der Waals surface area (Å²) in [6, 6.07) is 15.2. The van der Waals surface area contributed by atoms with E-state index in [1.54, 1.807) is 12.3 Å². The van der Waals surface area contributed by atoms with Crippen molar-refractivity contribution in [3.8, 4) is 0 Å². The molecule has 0 aliphatic rings. The van der Waals surface area contributed by atoms with Gasteiger partial charge in [0.05, 0.1) is 5.39 Å². The maximum absolute atomic E-state index is 13.1. The first-order chi connectivity index (χ1) is 13.5. The molecule has 0 radical (unpaired) electrons. The third kappa shape index (κ3) is 3.07. The largest absolute Gasteiger partial charge is 0.349 e. The summed E-state index contributed by atoms with van der Waals surface area (Å²) in [5.41, 5.74) is 3.33. The van der Waals surface area contributed by atoms with E-state index < -0.39 is 0 Å². The molecule has 1 N–H and O–H groups in total. The minimum Gasteiger partial charge on any atom is -0.349 e. The van der Waals surface area contributed by atoms with Crippen LogP contribution < -0.4 is 10.9 Å². The molecule has 0 atom stereocenters. The van der Waals surface area contributed by atoms with E-state index in [0.717, 1.165) is 11.1 Å². The highest BCUT2D eigenvalue weighted by Gasteiger charge is 2.20. The molecule has 1 amide bonds. The zero-order chi connectivity index (χ0) is 19.8. The number of hydrogen-bond donors (Lipinski definition) is 1. The number of pyridine rings is 1. The van der Waals surface area contributed by atoms with Crippen LogP contribution in [0.2, 0.25) is 0 Å². The van der Waals surface area contributed by atoms with Crippen molar-refractivity contribution in [3.05, 3.63) is 81.9 Å². The highest BCUT2D eigenvalue weighted by molar-refractivity contribution is 5.98. The average Bonchev–Trinajstić information content (AvgIpc) is 3.02. The predicted molar refractivity (Wildman–Crippen MR) is 110 cm³/mol. The Labute approximate surface area is 162 Å². The van der Waals surface area contributed by atoms with Gasteiger partial charge in [0.15, 0.2) is 0 Å². The van der Waals surface area contributed by atoms with Crippen LogP contribution in [0.1, 0.15) is 35.5 Å². The van der Waals surface area contributed by atoms with Crippen LogP contribution in [-0.4, -0.2) is 25.9 Å². The van der Waals surface area contributed by atoms with E-state index in [2.05, 4.69) is 5.32 Å². The zero-order valence-electron chi connectivity index (χ0n) is 16.1. The van der Waals surface area contributed by atoms with Gasteiger partial charge in [0, 0.05) is 18.8 Å². The second-order valence-electron chi connectivity index (χ2n) is 7.27. The molecule has 0 saturated carbocycles. The summed E-state index contributed by atoms with van der Waals surface area (Å²) in [6.07, 6.45) is 1.71. The number of nitrogens with one attached hydrogen (secondary N) is 1. The molecular formula is C22H22N4O2. The molecular weight excluding hydrogens is 352 g/mol. The van der Waals surface area contributed by atoms with Gasteiger partial charge in [-0.1, -0.05) is 36.4 Å². The average molecular weight is 374 g/mol. The molecule has 3 aromatic heterocycles. The number of carbonyl (C=O) groups excluding carboxylic acids is 1. The molecule has 4 rings (SSSR count). The van der Waals surface area contributed by atoms with Crippen molar-refractivity contribution < 1.29 is 4.79 Å². The van der Waals surface area contributed by atoms with Crippen LogP contribution in [0, 0.1) is 6.92 Å². The van der Waals surface area contributed by atoms with Gasteiger partial charge in [-0.05, 0) is 44.0 Å². The number of benzene rings is 1. The van der Waals surface area contributed by atoms with Crippen molar-refractivity contribution in [2.24, 2.45) is 0 Å². The molecule has 6 heteroatoms. The third-order valence-corrected chi connectivity index (χ3v) is 4.73. The Morgan fingerprint density at radius 2 is 1.86 bits per heavy atom. The van der Waals surface area contributed by atoms with Crippen LogP contribution in [0.25, 0.3) is 16.7 Å². The van der Waals surface area contributed by atoms with Crippen molar-refractivity contribution >= 4 is 22.6 Å². The number of aromatic nitrogens is 3. The highest BCUT2D eigenvalue weighted by atomic mass is 16.2.